The number of hydrogen-bond acceptors (Lipinski definition) is 6. The number of aldehydes is 2. The third-order valence-electron chi connectivity index (χ3n) is 1.28. The summed E-state index contributed by atoms with van der Waals surface area (Å²) in [5.41, 5.74) is 0. The number of aromatic amines is 2. The van der Waals surface area contributed by atoms with Gasteiger partial charge >= 0.3 is 0 Å². The lowest BCUT2D eigenvalue weighted by atomic mass is 10.6. The van der Waals surface area contributed by atoms with Crippen molar-refractivity contribution in [1.82, 2.24) is 26.1 Å². The number of carboxylic acid groups (broad SMARTS) is 1. The van der Waals surface area contributed by atoms with Gasteiger partial charge in [-0.25, -0.2) is 9.97 Å². The number of H-pyrrole nitrogens is 2. The van der Waals surface area contributed by atoms with Crippen LogP contribution in [-0.2, 0) is 14.4 Å². The van der Waals surface area contributed by atoms with Crippen LogP contribution in [0.25, 0.3) is 11.6 Å². The van der Waals surface area contributed by atoms with Gasteiger partial charge in [0.1, 0.15) is 0 Å². The van der Waals surface area contributed by atoms with Gasteiger partial charge in [0, 0.05) is 31.7 Å². The van der Waals surface area contributed by atoms with Crippen molar-refractivity contribution in [3.8, 4) is 11.6 Å². The number of aromatic nitrogens is 4. The van der Waals surface area contributed by atoms with E-state index in [0.29, 0.717) is 0 Å². The molecule has 0 aliphatic heterocycles. The summed E-state index contributed by atoms with van der Waals surface area (Å²) in [6.07, 6.45) is 7.30. The summed E-state index contributed by atoms with van der Waals surface area (Å²) in [5, 5.41) is 7.42. The average Bonchev–Trinajstić information content (AvgIpc) is 3.00. The van der Waals surface area contributed by atoms with E-state index in [1.54, 1.807) is 24.8 Å². The molecule has 10 nitrogen and oxygen atoms in total. The van der Waals surface area contributed by atoms with E-state index in [-0.39, 0.29) is 24.2 Å². The zero-order chi connectivity index (χ0) is 13.8. The number of aliphatic carboxylic acids is 1. The molecular formula is C10H17N5O5. The molecule has 0 aromatic carbocycles. The Balaban J connectivity index is -0.000000251. The summed E-state index contributed by atoms with van der Waals surface area (Å²) < 4.78 is 0. The molecule has 2 rings (SSSR count). The van der Waals surface area contributed by atoms with Crippen molar-refractivity contribution in [3.05, 3.63) is 24.8 Å². The predicted molar refractivity (Wildman–Crippen MR) is 70.2 cm³/mol. The highest BCUT2D eigenvalue weighted by Gasteiger charge is 1.98. The lowest BCUT2D eigenvalue weighted by molar-refractivity contribution is -0.134. The molecule has 0 unspecified atom stereocenters. The van der Waals surface area contributed by atoms with E-state index in [4.69, 9.17) is 19.5 Å². The molecule has 0 amide bonds. The summed E-state index contributed by atoms with van der Waals surface area (Å²) in [6, 6.07) is 0. The zero-order valence-corrected chi connectivity index (χ0v) is 10.7. The average molecular weight is 287 g/mol. The van der Waals surface area contributed by atoms with Crippen LogP contribution in [0.2, 0.25) is 0 Å². The van der Waals surface area contributed by atoms with Crippen LogP contribution < -0.4 is 6.15 Å². The maximum Gasteiger partial charge on any atom is 0.300 e. The number of carbonyl (C=O) groups excluding carboxylic acids is 2. The monoisotopic (exact) mass is 287 g/mol. The summed E-state index contributed by atoms with van der Waals surface area (Å²) >= 11 is 0. The highest BCUT2D eigenvalue weighted by molar-refractivity contribution is 6.09. The van der Waals surface area contributed by atoms with Crippen LogP contribution in [0.15, 0.2) is 24.8 Å². The Morgan fingerprint density at radius 3 is 1.55 bits per heavy atom. The molecule has 0 aliphatic rings. The highest BCUT2D eigenvalue weighted by atomic mass is 16.4. The van der Waals surface area contributed by atoms with E-state index in [0.717, 1.165) is 18.6 Å². The second-order valence-corrected chi connectivity index (χ2v) is 2.67. The van der Waals surface area contributed by atoms with Crippen LogP contribution in [0.3, 0.4) is 0 Å². The number of carbonyl (C=O) groups is 3. The number of nitrogens with zero attached hydrogens (tertiary/aromatic N) is 2. The number of hydrogen-bond donors (Lipinski definition) is 4. The van der Waals surface area contributed by atoms with Crippen molar-refractivity contribution in [2.75, 3.05) is 0 Å². The van der Waals surface area contributed by atoms with Crippen molar-refractivity contribution >= 4 is 18.5 Å². The van der Waals surface area contributed by atoms with Crippen molar-refractivity contribution in [3.63, 3.8) is 0 Å². The molecule has 0 aliphatic carbocycles. The molecule has 2 aromatic heterocycles. The van der Waals surface area contributed by atoms with Crippen LogP contribution >= 0.6 is 0 Å². The fraction of sp³-hybridized carbons (Fsp3) is 0.100. The van der Waals surface area contributed by atoms with Gasteiger partial charge in [-0.2, -0.15) is 0 Å². The molecule has 0 spiro atoms. The van der Waals surface area contributed by atoms with E-state index in [2.05, 4.69) is 19.9 Å². The first kappa shape index (κ1) is 22.3. The van der Waals surface area contributed by atoms with E-state index in [9.17, 15) is 0 Å². The van der Waals surface area contributed by atoms with E-state index in [1.807, 2.05) is 0 Å². The van der Waals surface area contributed by atoms with Gasteiger partial charge in [0.2, 0.25) is 0 Å². The number of nitrogens with one attached hydrogen (secondary N) is 2. The van der Waals surface area contributed by atoms with Gasteiger partial charge in [-0.1, -0.05) is 0 Å². The molecule has 0 atom stereocenters. The van der Waals surface area contributed by atoms with Crippen molar-refractivity contribution in [1.29, 1.82) is 0 Å². The predicted octanol–water partition coefficient (Wildman–Crippen LogP) is -0.388. The summed E-state index contributed by atoms with van der Waals surface area (Å²) in [7, 11) is 0. The van der Waals surface area contributed by atoms with Gasteiger partial charge < -0.3 is 26.7 Å². The molecule has 0 saturated heterocycles. The van der Waals surface area contributed by atoms with E-state index in [1.165, 1.54) is 0 Å². The minimum Gasteiger partial charge on any atom is -0.481 e. The normalized spacial score (nSPS) is 7.25. The summed E-state index contributed by atoms with van der Waals surface area (Å²) in [5.74, 6) is 0.704. The van der Waals surface area contributed by atoms with Crippen LogP contribution in [0.5, 0.6) is 0 Å². The smallest absolute Gasteiger partial charge is 0.300 e. The molecule has 0 saturated carbocycles. The van der Waals surface area contributed by atoms with E-state index >= 15 is 0 Å². The van der Waals surface area contributed by atoms with Crippen LogP contribution in [0.4, 0.5) is 0 Å². The minimum absolute atomic E-state index is 0. The maximum atomic E-state index is 9.00. The SMILES string of the molecule is CC(=O)O.N.O.O=CC=O.c1c[nH]c(-c2ncc[nH]2)n1. The van der Waals surface area contributed by atoms with Gasteiger partial charge in [-0.05, 0) is 0 Å². The lowest BCUT2D eigenvalue weighted by Crippen LogP contribution is -1.80. The third kappa shape index (κ3) is 11.6. The molecule has 0 bridgehead atoms. The van der Waals surface area contributed by atoms with Gasteiger partial charge in [0.25, 0.3) is 5.97 Å². The van der Waals surface area contributed by atoms with Gasteiger partial charge in [-0.15, -0.1) is 0 Å². The number of carboxylic acids is 1. The van der Waals surface area contributed by atoms with Crippen LogP contribution in [-0.4, -0.2) is 49.1 Å². The molecule has 2 aromatic rings. The first-order chi connectivity index (χ1) is 8.61. The first-order valence-electron chi connectivity index (χ1n) is 4.69. The standard InChI is InChI=1S/C6H6N4.C2H4O2.C2H2O2.H3N.H2O/c1-2-8-5(7-1)6-9-3-4-10-6;1-2(3)4;3-1-2-4;;/h1-4H,(H,7,8)(H,9,10);1H3,(H,3,4);1-2H;1H3;1H2. The summed E-state index contributed by atoms with van der Waals surface area (Å²) in [6.45, 7) is 1.08. The van der Waals surface area contributed by atoms with Gasteiger partial charge in [0.05, 0.1) is 0 Å². The first-order valence-corrected chi connectivity index (χ1v) is 4.69. The largest absolute Gasteiger partial charge is 0.481 e. The Morgan fingerprint density at radius 1 is 1.10 bits per heavy atom. The fourth-order valence-electron chi connectivity index (χ4n) is 0.790. The van der Waals surface area contributed by atoms with Crippen LogP contribution in [0.1, 0.15) is 6.92 Å². The molecule has 20 heavy (non-hydrogen) atoms. The Labute approximate surface area is 114 Å². The molecule has 0 radical (unpaired) electrons. The molecule has 2 heterocycles. The van der Waals surface area contributed by atoms with Gasteiger partial charge in [-0.3, -0.25) is 14.4 Å². The van der Waals surface area contributed by atoms with Crippen molar-refractivity contribution < 1.29 is 25.0 Å². The van der Waals surface area contributed by atoms with Crippen molar-refractivity contribution in [2.24, 2.45) is 0 Å². The minimum atomic E-state index is -0.833. The molecule has 8 N–H and O–H groups in total. The second kappa shape index (κ2) is 14.2. The second-order valence-electron chi connectivity index (χ2n) is 2.67. The molecular weight excluding hydrogens is 270 g/mol. The number of rotatable bonds is 2. The summed E-state index contributed by atoms with van der Waals surface area (Å²) in [4.78, 5) is 40.5. The topological polar surface area (TPSA) is 195 Å². The van der Waals surface area contributed by atoms with E-state index < -0.39 is 5.97 Å². The highest BCUT2D eigenvalue weighted by Crippen LogP contribution is 2.04. The lowest BCUT2D eigenvalue weighted by Gasteiger charge is -1.85. The Morgan fingerprint density at radius 2 is 1.40 bits per heavy atom. The molecule has 0 fully saturated rings. The quantitative estimate of drug-likeness (QED) is 0.426. The van der Waals surface area contributed by atoms with Crippen LogP contribution in [0, 0.1) is 0 Å². The Bertz CT molecular complexity index is 412. The molecule has 10 heteroatoms. The van der Waals surface area contributed by atoms with Gasteiger partial charge in [0.15, 0.2) is 24.2 Å². The maximum absolute atomic E-state index is 9.00. The number of imidazole rings is 2. The Hall–Kier alpha value is -2.85. The molecule has 112 valence electrons. The third-order valence-corrected chi connectivity index (χ3v) is 1.28. The Kier molecular flexibility index (Phi) is 15.9. The zero-order valence-electron chi connectivity index (χ0n) is 10.7. The fourth-order valence-corrected chi connectivity index (χ4v) is 0.790. The van der Waals surface area contributed by atoms with Crippen molar-refractivity contribution in [2.45, 2.75) is 6.92 Å².